The van der Waals surface area contributed by atoms with Gasteiger partial charge < -0.3 is 25.0 Å². The summed E-state index contributed by atoms with van der Waals surface area (Å²) >= 11 is 0. The third kappa shape index (κ3) is 5.32. The molecule has 2 aromatic rings. The maximum atomic E-state index is 13.2. The van der Waals surface area contributed by atoms with Gasteiger partial charge in [-0.3, -0.25) is 4.79 Å². The second-order valence-corrected chi connectivity index (χ2v) is 6.43. The summed E-state index contributed by atoms with van der Waals surface area (Å²) in [6.07, 6.45) is -4.47. The molecule has 1 heterocycles. The van der Waals surface area contributed by atoms with Crippen LogP contribution in [-0.2, 0) is 15.7 Å². The summed E-state index contributed by atoms with van der Waals surface area (Å²) in [5.74, 6) is 0.0914. The highest BCUT2D eigenvalue weighted by Gasteiger charge is 2.31. The first-order valence-electron chi connectivity index (χ1n) is 9.09. The highest BCUT2D eigenvalue weighted by molar-refractivity contribution is 5.95. The predicted molar refractivity (Wildman–Crippen MR) is 105 cm³/mol. The van der Waals surface area contributed by atoms with Crippen molar-refractivity contribution in [3.63, 3.8) is 0 Å². The monoisotopic (exact) mass is 409 g/mol. The Morgan fingerprint density at radius 2 is 1.86 bits per heavy atom. The molecular weight excluding hydrogens is 387 g/mol. The molecule has 2 aromatic carbocycles. The average molecular weight is 409 g/mol. The van der Waals surface area contributed by atoms with Crippen molar-refractivity contribution in [2.75, 3.05) is 55.5 Å². The topological polar surface area (TPSA) is 62.8 Å². The molecule has 9 heteroatoms. The Morgan fingerprint density at radius 1 is 1.14 bits per heavy atom. The fourth-order valence-electron chi connectivity index (χ4n) is 3.05. The van der Waals surface area contributed by atoms with Crippen LogP contribution < -0.4 is 20.3 Å². The molecule has 0 radical (unpaired) electrons. The second kappa shape index (κ2) is 9.04. The number of morpholine rings is 1. The summed E-state index contributed by atoms with van der Waals surface area (Å²) in [6.45, 7) is 1.92. The molecule has 0 spiro atoms. The van der Waals surface area contributed by atoms with E-state index in [1.807, 2.05) is 4.90 Å². The lowest BCUT2D eigenvalue weighted by molar-refractivity contribution is -0.137. The zero-order chi connectivity index (χ0) is 20.9. The molecule has 0 aliphatic carbocycles. The van der Waals surface area contributed by atoms with Crippen molar-refractivity contribution in [3.05, 3.63) is 48.0 Å². The zero-order valence-corrected chi connectivity index (χ0v) is 15.9. The number of methoxy groups -OCH3 is 1. The molecule has 1 aliphatic rings. The van der Waals surface area contributed by atoms with E-state index in [1.54, 1.807) is 24.3 Å². The Balaban J connectivity index is 1.76. The van der Waals surface area contributed by atoms with E-state index in [0.29, 0.717) is 43.4 Å². The van der Waals surface area contributed by atoms with E-state index in [-0.39, 0.29) is 12.2 Å². The van der Waals surface area contributed by atoms with E-state index in [4.69, 9.17) is 9.47 Å². The number of para-hydroxylation sites is 2. The summed E-state index contributed by atoms with van der Waals surface area (Å²) in [5.41, 5.74) is 0.560. The summed E-state index contributed by atoms with van der Waals surface area (Å²) < 4.78 is 50.0. The largest absolute Gasteiger partial charge is 0.495 e. The van der Waals surface area contributed by atoms with Crippen LogP contribution in [0.15, 0.2) is 42.5 Å². The van der Waals surface area contributed by atoms with E-state index in [1.165, 1.54) is 13.2 Å². The molecule has 0 aromatic heterocycles. The number of alkyl halides is 3. The number of nitrogens with zero attached hydrogens (tertiary/aromatic N) is 1. The number of rotatable bonds is 6. The van der Waals surface area contributed by atoms with Crippen molar-refractivity contribution in [3.8, 4) is 5.75 Å². The Bertz CT molecular complexity index is 852. The molecule has 0 bridgehead atoms. The third-order valence-electron chi connectivity index (χ3n) is 4.50. The molecule has 1 amide bonds. The van der Waals surface area contributed by atoms with Gasteiger partial charge in [-0.2, -0.15) is 13.2 Å². The summed E-state index contributed by atoms with van der Waals surface area (Å²) in [5, 5.41) is 5.54. The van der Waals surface area contributed by atoms with Crippen LogP contribution in [0.4, 0.5) is 30.2 Å². The number of nitrogens with one attached hydrogen (secondary N) is 2. The van der Waals surface area contributed by atoms with E-state index in [0.717, 1.165) is 12.1 Å². The predicted octanol–water partition coefficient (Wildman–Crippen LogP) is 3.60. The lowest BCUT2D eigenvalue weighted by Gasteiger charge is -2.31. The molecule has 0 atom stereocenters. The van der Waals surface area contributed by atoms with Gasteiger partial charge in [0.25, 0.3) is 0 Å². The number of carbonyl (C=O) groups excluding carboxylic acids is 1. The highest BCUT2D eigenvalue weighted by atomic mass is 19.4. The minimum atomic E-state index is -4.47. The molecular formula is C20H22F3N3O3. The first kappa shape index (κ1) is 20.8. The van der Waals surface area contributed by atoms with Gasteiger partial charge in [0.2, 0.25) is 5.91 Å². The van der Waals surface area contributed by atoms with Crippen molar-refractivity contribution in [2.45, 2.75) is 6.18 Å². The number of hydrogen-bond donors (Lipinski definition) is 2. The fraction of sp³-hybridized carbons (Fsp3) is 0.350. The van der Waals surface area contributed by atoms with Crippen LogP contribution in [0, 0.1) is 0 Å². The molecule has 1 saturated heterocycles. The molecule has 6 nitrogen and oxygen atoms in total. The number of halogens is 3. The van der Waals surface area contributed by atoms with Crippen molar-refractivity contribution >= 4 is 23.0 Å². The number of anilines is 3. The zero-order valence-electron chi connectivity index (χ0n) is 15.9. The van der Waals surface area contributed by atoms with Crippen molar-refractivity contribution < 1.29 is 27.4 Å². The highest BCUT2D eigenvalue weighted by Crippen LogP contribution is 2.35. The first-order chi connectivity index (χ1) is 13.9. The van der Waals surface area contributed by atoms with E-state index < -0.39 is 17.6 Å². The molecule has 0 unspecified atom stereocenters. The van der Waals surface area contributed by atoms with Gasteiger partial charge in [-0.15, -0.1) is 0 Å². The molecule has 2 N–H and O–H groups in total. The molecule has 156 valence electrons. The fourth-order valence-corrected chi connectivity index (χ4v) is 3.05. The molecule has 3 rings (SSSR count). The van der Waals surface area contributed by atoms with Crippen LogP contribution in [-0.4, -0.2) is 45.9 Å². The number of amides is 1. The molecule has 1 aliphatic heterocycles. The number of benzene rings is 2. The lowest BCUT2D eigenvalue weighted by atomic mass is 10.1. The Labute approximate surface area is 166 Å². The average Bonchev–Trinajstić information content (AvgIpc) is 2.72. The first-order valence-corrected chi connectivity index (χ1v) is 9.09. The maximum Gasteiger partial charge on any atom is 0.416 e. The van der Waals surface area contributed by atoms with Gasteiger partial charge in [0.05, 0.1) is 49.5 Å². The van der Waals surface area contributed by atoms with Gasteiger partial charge in [-0.25, -0.2) is 0 Å². The summed E-state index contributed by atoms with van der Waals surface area (Å²) in [4.78, 5) is 14.3. The van der Waals surface area contributed by atoms with E-state index in [2.05, 4.69) is 10.6 Å². The van der Waals surface area contributed by atoms with Crippen LogP contribution >= 0.6 is 0 Å². The summed E-state index contributed by atoms with van der Waals surface area (Å²) in [6, 6.07) is 10.4. The number of ether oxygens (including phenoxy) is 2. The minimum Gasteiger partial charge on any atom is -0.495 e. The van der Waals surface area contributed by atoms with Crippen molar-refractivity contribution in [1.82, 2.24) is 0 Å². The quantitative estimate of drug-likeness (QED) is 0.764. The van der Waals surface area contributed by atoms with Crippen LogP contribution in [0.5, 0.6) is 5.75 Å². The number of hydrogen-bond acceptors (Lipinski definition) is 5. The van der Waals surface area contributed by atoms with E-state index >= 15 is 0 Å². The SMILES string of the molecule is COc1ccccc1NC(=O)CNc1cc(C(F)(F)F)ccc1N1CCOCC1. The standard InChI is InChI=1S/C20H22F3N3O3/c1-28-18-5-3-2-4-15(18)25-19(27)13-24-16-12-14(20(21,22)23)6-7-17(16)26-8-10-29-11-9-26/h2-7,12,24H,8-11,13H2,1H3,(H,25,27). The lowest BCUT2D eigenvalue weighted by Crippen LogP contribution is -2.37. The van der Waals surface area contributed by atoms with Crippen LogP contribution in [0.3, 0.4) is 0 Å². The van der Waals surface area contributed by atoms with Gasteiger partial charge in [0, 0.05) is 13.1 Å². The van der Waals surface area contributed by atoms with Gasteiger partial charge in [0.1, 0.15) is 5.75 Å². The second-order valence-electron chi connectivity index (χ2n) is 6.43. The van der Waals surface area contributed by atoms with Crippen LogP contribution in [0.2, 0.25) is 0 Å². The third-order valence-corrected chi connectivity index (χ3v) is 4.50. The Morgan fingerprint density at radius 3 is 2.55 bits per heavy atom. The normalized spacial score (nSPS) is 14.4. The van der Waals surface area contributed by atoms with E-state index in [9.17, 15) is 18.0 Å². The van der Waals surface area contributed by atoms with Crippen LogP contribution in [0.25, 0.3) is 0 Å². The smallest absolute Gasteiger partial charge is 0.416 e. The maximum absolute atomic E-state index is 13.2. The molecule has 1 fully saturated rings. The van der Waals surface area contributed by atoms with Crippen LogP contribution in [0.1, 0.15) is 5.56 Å². The minimum absolute atomic E-state index is 0.198. The Hall–Kier alpha value is -2.94. The van der Waals surface area contributed by atoms with Gasteiger partial charge in [-0.1, -0.05) is 12.1 Å². The molecule has 0 saturated carbocycles. The van der Waals surface area contributed by atoms with Gasteiger partial charge in [-0.05, 0) is 30.3 Å². The summed E-state index contributed by atoms with van der Waals surface area (Å²) in [7, 11) is 1.49. The molecule has 29 heavy (non-hydrogen) atoms. The van der Waals surface area contributed by atoms with Crippen molar-refractivity contribution in [2.24, 2.45) is 0 Å². The van der Waals surface area contributed by atoms with Gasteiger partial charge in [0.15, 0.2) is 0 Å². The van der Waals surface area contributed by atoms with Crippen molar-refractivity contribution in [1.29, 1.82) is 0 Å². The van der Waals surface area contributed by atoms with Gasteiger partial charge >= 0.3 is 6.18 Å². The number of carbonyl (C=O) groups is 1. The Kier molecular flexibility index (Phi) is 6.48.